The van der Waals surface area contributed by atoms with Crippen molar-refractivity contribution in [3.8, 4) is 5.75 Å². The summed E-state index contributed by atoms with van der Waals surface area (Å²) < 4.78 is 5.15. The van der Waals surface area contributed by atoms with E-state index in [0.717, 1.165) is 25.8 Å². The van der Waals surface area contributed by atoms with Crippen LogP contribution in [-0.4, -0.2) is 43.4 Å². The molecule has 22 heavy (non-hydrogen) atoms. The molecule has 1 aromatic carbocycles. The van der Waals surface area contributed by atoms with Gasteiger partial charge in [0.25, 0.3) is 5.91 Å². The maximum absolute atomic E-state index is 12.3. The number of aliphatic hydroxyl groups is 1. The number of ether oxygens (including phenoxy) is 1. The number of rotatable bonds is 5. The molecule has 0 aromatic heterocycles. The van der Waals surface area contributed by atoms with Crippen LogP contribution in [0.1, 0.15) is 29.6 Å². The van der Waals surface area contributed by atoms with E-state index in [0.29, 0.717) is 22.0 Å². The average molecular weight is 328 g/mol. The molecule has 0 saturated carbocycles. The van der Waals surface area contributed by atoms with E-state index in [-0.39, 0.29) is 18.5 Å². The van der Waals surface area contributed by atoms with E-state index >= 15 is 0 Å². The highest BCUT2D eigenvalue weighted by Gasteiger charge is 2.22. The minimum Gasteiger partial charge on any atom is -0.496 e. The lowest BCUT2D eigenvalue weighted by Crippen LogP contribution is -2.48. The highest BCUT2D eigenvalue weighted by molar-refractivity contribution is 6.33. The Bertz CT molecular complexity index is 533. The van der Waals surface area contributed by atoms with Crippen LogP contribution < -0.4 is 21.1 Å². The number of aliphatic hydroxyl groups excluding tert-OH is 1. The summed E-state index contributed by atoms with van der Waals surface area (Å²) in [7, 11) is 1.46. The summed E-state index contributed by atoms with van der Waals surface area (Å²) in [5.74, 6) is -0.00158. The van der Waals surface area contributed by atoms with Crippen molar-refractivity contribution in [2.24, 2.45) is 0 Å². The number of benzene rings is 1. The first-order valence-corrected chi connectivity index (χ1v) is 7.73. The van der Waals surface area contributed by atoms with Gasteiger partial charge in [-0.15, -0.1) is 0 Å². The lowest BCUT2D eigenvalue weighted by molar-refractivity contribution is 0.0849. The highest BCUT2D eigenvalue weighted by Crippen LogP contribution is 2.28. The first-order valence-electron chi connectivity index (χ1n) is 7.35. The molecule has 1 saturated heterocycles. The SMILES string of the molecule is COc1cc(N)c(Cl)cc1C(=O)NCC(O)C1CCCCN1. The predicted octanol–water partition coefficient (Wildman–Crippen LogP) is 1.16. The van der Waals surface area contributed by atoms with Gasteiger partial charge in [0.05, 0.1) is 29.5 Å². The second kappa shape index (κ2) is 7.67. The topological polar surface area (TPSA) is 96.6 Å². The number of anilines is 1. The molecule has 2 atom stereocenters. The normalized spacial score (nSPS) is 19.5. The number of nitrogen functional groups attached to an aromatic ring is 1. The van der Waals surface area contributed by atoms with E-state index in [2.05, 4.69) is 10.6 Å². The third kappa shape index (κ3) is 4.03. The van der Waals surface area contributed by atoms with Crippen LogP contribution in [0.25, 0.3) is 0 Å². The Balaban J connectivity index is 1.98. The molecule has 1 aliphatic heterocycles. The first kappa shape index (κ1) is 16.9. The Kier molecular flexibility index (Phi) is 5.88. The minimum absolute atomic E-state index is 0.0194. The minimum atomic E-state index is -0.625. The molecule has 0 bridgehead atoms. The zero-order valence-electron chi connectivity index (χ0n) is 12.6. The maximum atomic E-state index is 12.3. The summed E-state index contributed by atoms with van der Waals surface area (Å²) >= 11 is 5.95. The van der Waals surface area contributed by atoms with Crippen LogP contribution in [0.15, 0.2) is 12.1 Å². The summed E-state index contributed by atoms with van der Waals surface area (Å²) in [4.78, 5) is 12.3. The van der Waals surface area contributed by atoms with Gasteiger partial charge in [-0.2, -0.15) is 0 Å². The smallest absolute Gasteiger partial charge is 0.255 e. The molecule has 7 heteroatoms. The highest BCUT2D eigenvalue weighted by atomic mass is 35.5. The number of methoxy groups -OCH3 is 1. The van der Waals surface area contributed by atoms with E-state index < -0.39 is 6.10 Å². The number of halogens is 1. The Morgan fingerprint density at radius 1 is 1.59 bits per heavy atom. The molecule has 2 rings (SSSR count). The average Bonchev–Trinajstić information content (AvgIpc) is 2.55. The van der Waals surface area contributed by atoms with Crippen molar-refractivity contribution < 1.29 is 14.6 Å². The molecule has 6 nitrogen and oxygen atoms in total. The van der Waals surface area contributed by atoms with Gasteiger partial charge >= 0.3 is 0 Å². The third-order valence-electron chi connectivity index (χ3n) is 3.85. The Morgan fingerprint density at radius 3 is 3.00 bits per heavy atom. The number of amides is 1. The summed E-state index contributed by atoms with van der Waals surface area (Å²) in [6.07, 6.45) is 2.49. The fourth-order valence-electron chi connectivity index (χ4n) is 2.56. The molecule has 1 aliphatic rings. The number of hydrogen-bond donors (Lipinski definition) is 4. The quantitative estimate of drug-likeness (QED) is 0.609. The maximum Gasteiger partial charge on any atom is 0.255 e. The van der Waals surface area contributed by atoms with E-state index in [1.807, 2.05) is 0 Å². The van der Waals surface area contributed by atoms with Gasteiger partial charge in [0.2, 0.25) is 0 Å². The molecule has 122 valence electrons. The van der Waals surface area contributed by atoms with Crippen molar-refractivity contribution in [3.05, 3.63) is 22.7 Å². The van der Waals surface area contributed by atoms with Crippen LogP contribution in [0.2, 0.25) is 5.02 Å². The molecule has 2 unspecified atom stereocenters. The largest absolute Gasteiger partial charge is 0.496 e. The van der Waals surface area contributed by atoms with Crippen LogP contribution in [-0.2, 0) is 0 Å². The van der Waals surface area contributed by atoms with Crippen molar-refractivity contribution in [1.82, 2.24) is 10.6 Å². The monoisotopic (exact) mass is 327 g/mol. The van der Waals surface area contributed by atoms with E-state index in [1.54, 1.807) is 0 Å². The molecular weight excluding hydrogens is 306 g/mol. The van der Waals surface area contributed by atoms with Gasteiger partial charge in [-0.25, -0.2) is 0 Å². The Labute approximate surface area is 135 Å². The molecule has 0 aliphatic carbocycles. The van der Waals surface area contributed by atoms with Gasteiger partial charge in [0.1, 0.15) is 5.75 Å². The standard InChI is InChI=1S/C15H22ClN3O3/c1-22-14-7-11(17)10(16)6-9(14)15(21)19-8-13(20)12-4-2-3-5-18-12/h6-7,12-13,18,20H,2-5,8,17H2,1H3,(H,19,21). The second-order valence-corrected chi connectivity index (χ2v) is 5.81. The zero-order chi connectivity index (χ0) is 16.1. The van der Waals surface area contributed by atoms with Gasteiger partial charge in [0.15, 0.2) is 0 Å². The summed E-state index contributed by atoms with van der Waals surface area (Å²) in [5.41, 5.74) is 6.34. The number of carbonyl (C=O) groups excluding carboxylic acids is 1. The third-order valence-corrected chi connectivity index (χ3v) is 4.18. The lowest BCUT2D eigenvalue weighted by Gasteiger charge is -2.28. The number of hydrogen-bond acceptors (Lipinski definition) is 5. The fraction of sp³-hybridized carbons (Fsp3) is 0.533. The van der Waals surface area contributed by atoms with Crippen LogP contribution in [0.4, 0.5) is 5.69 Å². The van der Waals surface area contributed by atoms with Gasteiger partial charge in [-0.05, 0) is 25.5 Å². The van der Waals surface area contributed by atoms with Crippen molar-refractivity contribution in [2.75, 3.05) is 25.9 Å². The molecule has 1 heterocycles. The van der Waals surface area contributed by atoms with Crippen LogP contribution in [0, 0.1) is 0 Å². The van der Waals surface area contributed by atoms with Gasteiger partial charge in [-0.3, -0.25) is 4.79 Å². The number of piperidine rings is 1. The molecule has 0 radical (unpaired) electrons. The first-order chi connectivity index (χ1) is 10.5. The van der Waals surface area contributed by atoms with Crippen LogP contribution in [0.5, 0.6) is 5.75 Å². The van der Waals surface area contributed by atoms with Crippen LogP contribution >= 0.6 is 11.6 Å². The van der Waals surface area contributed by atoms with Gasteiger partial charge < -0.3 is 26.2 Å². The summed E-state index contributed by atoms with van der Waals surface area (Å²) in [6, 6.07) is 3.00. The van der Waals surface area contributed by atoms with Gasteiger partial charge in [0, 0.05) is 18.7 Å². The molecule has 5 N–H and O–H groups in total. The van der Waals surface area contributed by atoms with Crippen molar-refractivity contribution in [2.45, 2.75) is 31.4 Å². The molecule has 1 aromatic rings. The molecule has 1 fully saturated rings. The number of nitrogens with two attached hydrogens (primary N) is 1. The second-order valence-electron chi connectivity index (χ2n) is 5.41. The molecule has 0 spiro atoms. The predicted molar refractivity (Wildman–Crippen MR) is 86.4 cm³/mol. The van der Waals surface area contributed by atoms with Crippen LogP contribution in [0.3, 0.4) is 0 Å². The molecule has 1 amide bonds. The van der Waals surface area contributed by atoms with Gasteiger partial charge in [-0.1, -0.05) is 18.0 Å². The number of carbonyl (C=O) groups is 1. The van der Waals surface area contributed by atoms with Crippen molar-refractivity contribution in [3.63, 3.8) is 0 Å². The lowest BCUT2D eigenvalue weighted by atomic mass is 10.00. The van der Waals surface area contributed by atoms with E-state index in [1.165, 1.54) is 19.2 Å². The van der Waals surface area contributed by atoms with E-state index in [9.17, 15) is 9.90 Å². The summed E-state index contributed by atoms with van der Waals surface area (Å²) in [5, 5.41) is 16.4. The molecular formula is C15H22ClN3O3. The van der Waals surface area contributed by atoms with E-state index in [4.69, 9.17) is 22.1 Å². The Morgan fingerprint density at radius 2 is 2.36 bits per heavy atom. The van der Waals surface area contributed by atoms with Crippen molar-refractivity contribution in [1.29, 1.82) is 0 Å². The number of nitrogens with one attached hydrogen (secondary N) is 2. The van der Waals surface area contributed by atoms with Crippen molar-refractivity contribution >= 4 is 23.2 Å². The Hall–Kier alpha value is -1.50. The zero-order valence-corrected chi connectivity index (χ0v) is 13.3. The summed E-state index contributed by atoms with van der Waals surface area (Å²) in [6.45, 7) is 1.07. The fourth-order valence-corrected chi connectivity index (χ4v) is 2.72.